The molecular weight excluding hydrogens is 452 g/mol. The normalized spacial score (nSPS) is 17.3. The van der Waals surface area contributed by atoms with Gasteiger partial charge in [-0.2, -0.15) is 0 Å². The monoisotopic (exact) mass is 482 g/mol. The van der Waals surface area contributed by atoms with E-state index < -0.39 is 6.04 Å². The van der Waals surface area contributed by atoms with Gasteiger partial charge >= 0.3 is 0 Å². The van der Waals surface area contributed by atoms with Crippen molar-refractivity contribution in [1.82, 2.24) is 15.6 Å². The molecule has 180 valence electrons. The Hall–Kier alpha value is -2.87. The molecule has 0 radical (unpaired) electrons. The lowest BCUT2D eigenvalue weighted by molar-refractivity contribution is -0.128. The molecule has 0 saturated carbocycles. The number of rotatable bonds is 8. The van der Waals surface area contributed by atoms with Crippen LogP contribution in [0.5, 0.6) is 0 Å². The van der Waals surface area contributed by atoms with Crippen molar-refractivity contribution in [2.24, 2.45) is 5.92 Å². The van der Waals surface area contributed by atoms with Gasteiger partial charge in [0.05, 0.1) is 6.61 Å². The molecule has 4 N–H and O–H groups in total. The average molecular weight is 483 g/mol. The van der Waals surface area contributed by atoms with Gasteiger partial charge in [0, 0.05) is 46.7 Å². The fraction of sp³-hybridized carbons (Fsp3) is 0.385. The number of nitrogens with zero attached hydrogens (tertiary/aromatic N) is 1. The van der Waals surface area contributed by atoms with E-state index in [1.165, 1.54) is 0 Å². The van der Waals surface area contributed by atoms with Crippen molar-refractivity contribution >= 4 is 40.0 Å². The van der Waals surface area contributed by atoms with E-state index in [0.29, 0.717) is 11.6 Å². The van der Waals surface area contributed by atoms with E-state index in [0.717, 1.165) is 40.7 Å². The van der Waals surface area contributed by atoms with Crippen LogP contribution < -0.4 is 15.5 Å². The van der Waals surface area contributed by atoms with Gasteiger partial charge in [-0.25, -0.2) is 0 Å². The van der Waals surface area contributed by atoms with Gasteiger partial charge < -0.3 is 25.6 Å². The van der Waals surface area contributed by atoms with E-state index in [9.17, 15) is 14.7 Å². The predicted octanol–water partition coefficient (Wildman–Crippen LogP) is 3.22. The zero-order chi connectivity index (χ0) is 24.2. The van der Waals surface area contributed by atoms with Crippen LogP contribution in [0, 0.1) is 5.92 Å². The van der Waals surface area contributed by atoms with Gasteiger partial charge in [-0.05, 0) is 61.3 Å². The highest BCUT2D eigenvalue weighted by Crippen LogP contribution is 2.35. The summed E-state index contributed by atoms with van der Waals surface area (Å²) < 4.78 is 0. The third-order valence-corrected chi connectivity index (χ3v) is 6.81. The van der Waals surface area contributed by atoms with E-state index in [2.05, 4.69) is 15.6 Å². The van der Waals surface area contributed by atoms with E-state index >= 15 is 0 Å². The minimum absolute atomic E-state index is 0.0566. The molecule has 0 spiro atoms. The summed E-state index contributed by atoms with van der Waals surface area (Å²) in [7, 11) is 1.90. The summed E-state index contributed by atoms with van der Waals surface area (Å²) in [6, 6.07) is 12.7. The number of aliphatic hydroxyl groups is 1. The van der Waals surface area contributed by atoms with Crippen molar-refractivity contribution in [3.8, 4) is 0 Å². The molecule has 0 fully saturated rings. The zero-order valence-electron chi connectivity index (χ0n) is 19.5. The topological polar surface area (TPSA) is 97.5 Å². The highest BCUT2D eigenvalue weighted by atomic mass is 35.5. The highest BCUT2D eigenvalue weighted by Gasteiger charge is 2.36. The number of aromatic amines is 1. The second-order valence-corrected chi connectivity index (χ2v) is 9.38. The molecule has 3 aromatic rings. The quantitative estimate of drug-likeness (QED) is 0.396. The third-order valence-electron chi connectivity index (χ3n) is 6.57. The summed E-state index contributed by atoms with van der Waals surface area (Å²) in [5.41, 5.74) is 3.78. The number of aliphatic hydroxyl groups excluding tert-OH is 1. The Morgan fingerprint density at radius 1 is 1.26 bits per heavy atom. The van der Waals surface area contributed by atoms with Gasteiger partial charge in [-0.15, -0.1) is 0 Å². The van der Waals surface area contributed by atoms with Crippen LogP contribution in [0.4, 0.5) is 5.69 Å². The molecule has 2 unspecified atom stereocenters. The number of aromatic nitrogens is 1. The summed E-state index contributed by atoms with van der Waals surface area (Å²) in [6.45, 7) is 2.98. The summed E-state index contributed by atoms with van der Waals surface area (Å²) in [5.74, 6) is -0.607. The Morgan fingerprint density at radius 2 is 2.06 bits per heavy atom. The van der Waals surface area contributed by atoms with Crippen molar-refractivity contribution in [1.29, 1.82) is 0 Å². The third kappa shape index (κ3) is 4.97. The number of anilines is 1. The van der Waals surface area contributed by atoms with Crippen molar-refractivity contribution in [2.75, 3.05) is 31.6 Å². The first-order valence-electron chi connectivity index (χ1n) is 11.6. The highest BCUT2D eigenvalue weighted by molar-refractivity contribution is 6.30. The molecule has 4 rings (SSSR count). The molecule has 2 amide bonds. The first-order valence-corrected chi connectivity index (χ1v) is 12.0. The van der Waals surface area contributed by atoms with Gasteiger partial charge in [-0.3, -0.25) is 9.59 Å². The average Bonchev–Trinajstić information content (AvgIpc) is 3.25. The molecule has 2 aromatic carbocycles. The molecule has 0 aliphatic carbocycles. The smallest absolute Gasteiger partial charge is 0.250 e. The lowest BCUT2D eigenvalue weighted by Crippen LogP contribution is -2.54. The Kier molecular flexibility index (Phi) is 7.56. The first-order chi connectivity index (χ1) is 16.4. The van der Waals surface area contributed by atoms with Crippen LogP contribution in [-0.2, 0) is 16.0 Å². The fourth-order valence-corrected chi connectivity index (χ4v) is 5.11. The van der Waals surface area contributed by atoms with Gasteiger partial charge in [0.25, 0.3) is 0 Å². The van der Waals surface area contributed by atoms with Crippen LogP contribution >= 0.6 is 11.6 Å². The SMILES string of the molecule is CNC[C@H]1Cc2cc(Cl)ccc2N(C(=O)C(NC(=O)CCO)C(C)c2c[nH]c3ccccc23)C1. The molecule has 1 aromatic heterocycles. The second kappa shape index (κ2) is 10.6. The van der Waals surface area contributed by atoms with Crippen LogP contribution in [0.25, 0.3) is 10.9 Å². The summed E-state index contributed by atoms with van der Waals surface area (Å²) >= 11 is 6.27. The van der Waals surface area contributed by atoms with E-state index in [1.807, 2.05) is 56.6 Å². The number of para-hydroxylation sites is 1. The molecule has 8 heteroatoms. The minimum Gasteiger partial charge on any atom is -0.396 e. The Balaban J connectivity index is 1.72. The van der Waals surface area contributed by atoms with E-state index in [-0.39, 0.29) is 36.7 Å². The Morgan fingerprint density at radius 3 is 2.82 bits per heavy atom. The number of carbonyl (C=O) groups is 2. The number of halogens is 1. The predicted molar refractivity (Wildman–Crippen MR) is 135 cm³/mol. The molecule has 0 bridgehead atoms. The van der Waals surface area contributed by atoms with Gasteiger partial charge in [-0.1, -0.05) is 36.7 Å². The minimum atomic E-state index is -0.796. The maximum absolute atomic E-state index is 14.1. The Labute approximate surface area is 204 Å². The second-order valence-electron chi connectivity index (χ2n) is 8.95. The van der Waals surface area contributed by atoms with Crippen LogP contribution in [0.1, 0.15) is 30.4 Å². The first kappa shape index (κ1) is 24.3. The number of H-pyrrole nitrogens is 1. The maximum atomic E-state index is 14.1. The number of hydrogen-bond donors (Lipinski definition) is 4. The summed E-state index contributed by atoms with van der Waals surface area (Å²) in [4.78, 5) is 31.7. The summed E-state index contributed by atoms with van der Waals surface area (Å²) in [5, 5.41) is 17.0. The number of benzene rings is 2. The van der Waals surface area contributed by atoms with Gasteiger partial charge in [0.15, 0.2) is 0 Å². The number of hydrogen-bond acceptors (Lipinski definition) is 4. The molecule has 1 aliphatic rings. The van der Waals surface area contributed by atoms with Crippen molar-refractivity contribution in [2.45, 2.75) is 31.7 Å². The van der Waals surface area contributed by atoms with Gasteiger partial charge in [0.1, 0.15) is 6.04 Å². The van der Waals surface area contributed by atoms with Crippen molar-refractivity contribution in [3.05, 3.63) is 64.8 Å². The van der Waals surface area contributed by atoms with Crippen LogP contribution in [0.15, 0.2) is 48.7 Å². The summed E-state index contributed by atoms with van der Waals surface area (Å²) in [6.07, 6.45) is 2.67. The maximum Gasteiger partial charge on any atom is 0.250 e. The molecule has 7 nitrogen and oxygen atoms in total. The Bertz CT molecular complexity index is 1180. The van der Waals surface area contributed by atoms with Crippen LogP contribution in [-0.4, -0.2) is 54.7 Å². The van der Waals surface area contributed by atoms with Crippen LogP contribution in [0.3, 0.4) is 0 Å². The number of carbonyl (C=O) groups excluding carboxylic acids is 2. The fourth-order valence-electron chi connectivity index (χ4n) is 4.91. The van der Waals surface area contributed by atoms with E-state index in [1.54, 1.807) is 11.0 Å². The largest absolute Gasteiger partial charge is 0.396 e. The zero-order valence-corrected chi connectivity index (χ0v) is 20.2. The lowest BCUT2D eigenvalue weighted by Gasteiger charge is -2.38. The van der Waals surface area contributed by atoms with Gasteiger partial charge in [0.2, 0.25) is 11.8 Å². The number of nitrogens with one attached hydrogen (secondary N) is 3. The van der Waals surface area contributed by atoms with Crippen molar-refractivity contribution < 1.29 is 14.7 Å². The molecule has 1 aliphatic heterocycles. The van der Waals surface area contributed by atoms with Crippen LogP contribution in [0.2, 0.25) is 5.02 Å². The molecule has 2 heterocycles. The molecule has 34 heavy (non-hydrogen) atoms. The number of fused-ring (bicyclic) bond motifs is 2. The molecule has 0 saturated heterocycles. The van der Waals surface area contributed by atoms with E-state index in [4.69, 9.17) is 11.6 Å². The standard InChI is InChI=1S/C26H31ClN4O3/c1-16(21-14-29-22-6-4-3-5-20(21)22)25(30-24(33)9-10-32)26(34)31-15-17(13-28-2)11-18-12-19(27)7-8-23(18)31/h3-8,12,14,16-17,25,28-29,32H,9-11,13,15H2,1-2H3,(H,30,33)/t16?,17-,25?/m1/s1. The molecular formula is C26H31ClN4O3. The van der Waals surface area contributed by atoms with Crippen molar-refractivity contribution in [3.63, 3.8) is 0 Å². The lowest BCUT2D eigenvalue weighted by atomic mass is 9.88. The molecule has 3 atom stereocenters. The number of amides is 2.